The number of carbonyl (C=O) groups is 2. The number of para-hydroxylation sites is 1. The molecule has 210 valence electrons. The topological polar surface area (TPSA) is 84.7 Å². The van der Waals surface area contributed by atoms with Crippen molar-refractivity contribution in [2.75, 3.05) is 18.1 Å². The quantitative estimate of drug-likeness (QED) is 0.252. The summed E-state index contributed by atoms with van der Waals surface area (Å²) in [6, 6.07) is 15.1. The number of anilines is 1. The zero-order valence-corrected chi connectivity index (χ0v) is 24.6. The fourth-order valence-electron chi connectivity index (χ4n) is 6.43. The molecule has 1 aliphatic carbocycles. The lowest BCUT2D eigenvalue weighted by Crippen LogP contribution is -2.42. The lowest BCUT2D eigenvalue weighted by atomic mass is 9.60. The number of allylic oxidation sites excluding steroid dienone is 3. The van der Waals surface area contributed by atoms with E-state index in [1.807, 2.05) is 68.5 Å². The number of benzene rings is 2. The van der Waals surface area contributed by atoms with E-state index in [4.69, 9.17) is 21.4 Å². The third kappa shape index (κ3) is 4.16. The Morgan fingerprint density at radius 2 is 2.02 bits per heavy atom. The highest BCUT2D eigenvalue weighted by atomic mass is 35.5. The molecule has 4 aromatic rings. The summed E-state index contributed by atoms with van der Waals surface area (Å²) in [6.07, 6.45) is 4.19. The predicted molar refractivity (Wildman–Crippen MR) is 163 cm³/mol. The standard InChI is InChI=1S/C32H30ClN3O4S/c1-5-19-10-12-23-30(38)36(31(39)32(23,3)28(19)21-8-6-7-9-25(21)40-15-14-37)27-17-24(34-35(27)4)29-18(2)22-16-20(33)11-13-26(22)41-29/h5-11,13,16-17,23,28,37H,1,12,14-15H2,2-4H3/t23-,28+,32+/m0/s1. The van der Waals surface area contributed by atoms with E-state index in [1.54, 1.807) is 29.1 Å². The predicted octanol–water partition coefficient (Wildman–Crippen LogP) is 6.43. The molecule has 6 rings (SSSR count). The lowest BCUT2D eigenvalue weighted by Gasteiger charge is -2.40. The van der Waals surface area contributed by atoms with Crippen LogP contribution in [0.25, 0.3) is 20.7 Å². The second kappa shape index (κ2) is 10.3. The van der Waals surface area contributed by atoms with Gasteiger partial charge in [-0.3, -0.25) is 14.3 Å². The van der Waals surface area contributed by atoms with Crippen LogP contribution in [-0.2, 0) is 16.6 Å². The lowest BCUT2D eigenvalue weighted by molar-refractivity contribution is -0.127. The van der Waals surface area contributed by atoms with Crippen LogP contribution >= 0.6 is 22.9 Å². The van der Waals surface area contributed by atoms with Gasteiger partial charge in [0.1, 0.15) is 23.9 Å². The summed E-state index contributed by atoms with van der Waals surface area (Å²) in [5.74, 6) is -0.549. The van der Waals surface area contributed by atoms with Gasteiger partial charge in [-0.1, -0.05) is 48.5 Å². The maximum absolute atomic E-state index is 14.5. The Balaban J connectivity index is 1.44. The van der Waals surface area contributed by atoms with E-state index in [2.05, 4.69) is 6.58 Å². The van der Waals surface area contributed by atoms with Crippen LogP contribution < -0.4 is 9.64 Å². The number of nitrogens with zero attached hydrogens (tertiary/aromatic N) is 3. The van der Waals surface area contributed by atoms with E-state index >= 15 is 0 Å². The highest BCUT2D eigenvalue weighted by Gasteiger charge is 2.63. The molecule has 0 spiro atoms. The summed E-state index contributed by atoms with van der Waals surface area (Å²) in [5, 5.41) is 15.8. The number of halogens is 1. The van der Waals surface area contributed by atoms with Crippen molar-refractivity contribution in [2.24, 2.45) is 18.4 Å². The molecule has 0 bridgehead atoms. The number of thiophene rings is 1. The average Bonchev–Trinajstić information content (AvgIpc) is 3.56. The average molecular weight is 588 g/mol. The number of amides is 2. The SMILES string of the molecule is C=CC1=CC[C@H]2C(=O)N(c3cc(-c4sc5ccc(Cl)cc5c4C)nn3C)C(=O)[C@@]2(C)[C@H]1c1ccccc1OCCO. The van der Waals surface area contributed by atoms with Gasteiger partial charge in [-0.05, 0) is 61.1 Å². The summed E-state index contributed by atoms with van der Waals surface area (Å²) in [7, 11) is 1.76. The number of aliphatic hydroxyl groups excluding tert-OH is 1. The molecule has 1 aliphatic heterocycles. The molecule has 2 amide bonds. The first kappa shape index (κ1) is 27.4. The third-order valence-electron chi connectivity index (χ3n) is 8.46. The molecule has 2 aliphatic rings. The fraction of sp³-hybridized carbons (Fsp3) is 0.281. The summed E-state index contributed by atoms with van der Waals surface area (Å²) in [4.78, 5) is 30.8. The van der Waals surface area contributed by atoms with E-state index in [9.17, 15) is 14.7 Å². The number of rotatable bonds is 7. The number of aromatic nitrogens is 2. The van der Waals surface area contributed by atoms with Crippen LogP contribution in [0, 0.1) is 18.3 Å². The first-order valence-corrected chi connectivity index (χ1v) is 14.7. The van der Waals surface area contributed by atoms with Gasteiger partial charge < -0.3 is 9.84 Å². The van der Waals surface area contributed by atoms with Crippen molar-refractivity contribution in [1.82, 2.24) is 9.78 Å². The van der Waals surface area contributed by atoms with Crippen LogP contribution in [0.1, 0.15) is 30.4 Å². The molecule has 1 fully saturated rings. The maximum atomic E-state index is 14.5. The Morgan fingerprint density at radius 1 is 1.24 bits per heavy atom. The van der Waals surface area contributed by atoms with E-state index in [0.717, 1.165) is 31.7 Å². The molecule has 1 saturated heterocycles. The maximum Gasteiger partial charge on any atom is 0.242 e. The smallest absolute Gasteiger partial charge is 0.242 e. The van der Waals surface area contributed by atoms with Gasteiger partial charge in [-0.15, -0.1) is 11.3 Å². The van der Waals surface area contributed by atoms with Crippen molar-refractivity contribution >= 4 is 50.7 Å². The molecule has 41 heavy (non-hydrogen) atoms. The number of ether oxygens (including phenoxy) is 1. The van der Waals surface area contributed by atoms with Gasteiger partial charge in [0, 0.05) is 34.3 Å². The number of fused-ring (bicyclic) bond motifs is 2. The number of aliphatic hydroxyl groups is 1. The summed E-state index contributed by atoms with van der Waals surface area (Å²) >= 11 is 7.86. The van der Waals surface area contributed by atoms with Crippen LogP contribution in [0.5, 0.6) is 5.75 Å². The first-order chi connectivity index (χ1) is 19.7. The van der Waals surface area contributed by atoms with E-state index in [-0.39, 0.29) is 25.0 Å². The molecule has 9 heteroatoms. The minimum atomic E-state index is -1.08. The van der Waals surface area contributed by atoms with E-state index in [0.29, 0.717) is 28.7 Å². The largest absolute Gasteiger partial charge is 0.491 e. The van der Waals surface area contributed by atoms with Crippen molar-refractivity contribution in [1.29, 1.82) is 0 Å². The summed E-state index contributed by atoms with van der Waals surface area (Å²) in [6.45, 7) is 7.91. The second-order valence-electron chi connectivity index (χ2n) is 10.7. The van der Waals surface area contributed by atoms with Crippen molar-refractivity contribution in [3.63, 3.8) is 0 Å². The molecule has 0 unspecified atom stereocenters. The van der Waals surface area contributed by atoms with Crippen LogP contribution in [-0.4, -0.2) is 39.9 Å². The van der Waals surface area contributed by atoms with Crippen LogP contribution in [0.2, 0.25) is 5.02 Å². The molecule has 3 atom stereocenters. The zero-order chi connectivity index (χ0) is 29.1. The zero-order valence-electron chi connectivity index (χ0n) is 23.1. The van der Waals surface area contributed by atoms with Crippen LogP contribution in [0.3, 0.4) is 0 Å². The normalized spacial score (nSPS) is 22.3. The summed E-state index contributed by atoms with van der Waals surface area (Å²) in [5.41, 5.74) is 2.32. The van der Waals surface area contributed by atoms with Gasteiger partial charge in [0.2, 0.25) is 11.8 Å². The first-order valence-electron chi connectivity index (χ1n) is 13.5. The molecular weight excluding hydrogens is 558 g/mol. The molecular formula is C32H30ClN3O4S. The van der Waals surface area contributed by atoms with Gasteiger partial charge in [0.05, 0.1) is 22.8 Å². The monoisotopic (exact) mass is 587 g/mol. The third-order valence-corrected chi connectivity index (χ3v) is 9.99. The number of imide groups is 1. The molecule has 2 aromatic carbocycles. The Kier molecular flexibility index (Phi) is 6.88. The van der Waals surface area contributed by atoms with Crippen LogP contribution in [0.4, 0.5) is 5.82 Å². The Labute approximate surface area is 247 Å². The molecule has 3 heterocycles. The minimum Gasteiger partial charge on any atom is -0.491 e. The molecule has 2 aromatic heterocycles. The van der Waals surface area contributed by atoms with E-state index < -0.39 is 17.3 Å². The molecule has 0 saturated carbocycles. The highest BCUT2D eigenvalue weighted by Crippen LogP contribution is 2.58. The van der Waals surface area contributed by atoms with Crippen molar-refractivity contribution in [3.05, 3.63) is 89.0 Å². The fourth-order valence-corrected chi connectivity index (χ4v) is 7.75. The number of hydrogen-bond donors (Lipinski definition) is 1. The number of aryl methyl sites for hydroxylation is 2. The van der Waals surface area contributed by atoms with Crippen LogP contribution in [0.15, 0.2) is 72.8 Å². The van der Waals surface area contributed by atoms with Crippen molar-refractivity contribution in [2.45, 2.75) is 26.2 Å². The minimum absolute atomic E-state index is 0.122. The highest BCUT2D eigenvalue weighted by molar-refractivity contribution is 7.22. The molecule has 7 nitrogen and oxygen atoms in total. The van der Waals surface area contributed by atoms with E-state index in [1.165, 1.54) is 4.90 Å². The van der Waals surface area contributed by atoms with Gasteiger partial charge in [0.25, 0.3) is 0 Å². The van der Waals surface area contributed by atoms with Gasteiger partial charge in [0.15, 0.2) is 0 Å². The second-order valence-corrected chi connectivity index (χ2v) is 12.2. The number of hydrogen-bond acceptors (Lipinski definition) is 6. The molecule has 1 N–H and O–H groups in total. The summed E-state index contributed by atoms with van der Waals surface area (Å²) < 4.78 is 8.57. The van der Waals surface area contributed by atoms with Gasteiger partial charge >= 0.3 is 0 Å². The molecule has 0 radical (unpaired) electrons. The Hall–Kier alpha value is -3.72. The van der Waals surface area contributed by atoms with Crippen molar-refractivity contribution in [3.8, 4) is 16.3 Å². The van der Waals surface area contributed by atoms with Gasteiger partial charge in [-0.25, -0.2) is 4.90 Å². The number of carbonyl (C=O) groups excluding carboxylic acids is 2. The Bertz CT molecular complexity index is 1750. The van der Waals surface area contributed by atoms with Gasteiger partial charge in [-0.2, -0.15) is 5.10 Å². The van der Waals surface area contributed by atoms with Crippen molar-refractivity contribution < 1.29 is 19.4 Å². The Morgan fingerprint density at radius 3 is 2.78 bits per heavy atom.